The second-order valence-electron chi connectivity index (χ2n) is 5.41. The van der Waals surface area contributed by atoms with Crippen molar-refractivity contribution in [2.75, 3.05) is 10.6 Å². The number of nitrogens with one attached hydrogen (secondary N) is 2. The Labute approximate surface area is 144 Å². The lowest BCUT2D eigenvalue weighted by atomic mass is 10.1. The first-order chi connectivity index (χ1) is 12.1. The molecule has 124 valence electrons. The fourth-order valence-electron chi connectivity index (χ4n) is 2.40. The molecule has 0 fully saturated rings. The van der Waals surface area contributed by atoms with Gasteiger partial charge in [0.2, 0.25) is 0 Å². The molecule has 0 aliphatic carbocycles. The third-order valence-electron chi connectivity index (χ3n) is 3.62. The van der Waals surface area contributed by atoms with Crippen LogP contribution < -0.4 is 10.6 Å². The molecule has 3 aromatic carbocycles. The van der Waals surface area contributed by atoms with E-state index >= 15 is 0 Å². The smallest absolute Gasteiger partial charge is 0.335 e. The molecule has 0 radical (unpaired) electrons. The average Bonchev–Trinajstić information content (AvgIpc) is 2.63. The number of benzene rings is 3. The van der Waals surface area contributed by atoms with Gasteiger partial charge in [-0.2, -0.15) is 0 Å². The molecule has 0 aliphatic rings. The van der Waals surface area contributed by atoms with Gasteiger partial charge < -0.3 is 15.7 Å². The van der Waals surface area contributed by atoms with Crippen LogP contribution in [0.5, 0.6) is 0 Å². The fraction of sp³-hybridized carbons (Fsp3) is 0. The van der Waals surface area contributed by atoms with E-state index in [0.29, 0.717) is 11.4 Å². The van der Waals surface area contributed by atoms with Crippen LogP contribution in [0, 0.1) is 0 Å². The van der Waals surface area contributed by atoms with Gasteiger partial charge in [0.15, 0.2) is 0 Å². The molecule has 0 spiro atoms. The minimum atomic E-state index is -1.04. The van der Waals surface area contributed by atoms with Gasteiger partial charge in [0, 0.05) is 11.4 Å². The number of carbonyl (C=O) groups excluding carboxylic acids is 1. The number of anilines is 2. The van der Waals surface area contributed by atoms with Crippen LogP contribution in [-0.4, -0.2) is 17.1 Å². The van der Waals surface area contributed by atoms with Crippen molar-refractivity contribution in [1.82, 2.24) is 0 Å². The summed E-state index contributed by atoms with van der Waals surface area (Å²) in [5, 5.41) is 14.3. The molecule has 2 amide bonds. The Balaban J connectivity index is 1.65. The lowest BCUT2D eigenvalue weighted by Crippen LogP contribution is -2.19. The molecular weight excluding hydrogens is 316 g/mol. The Hall–Kier alpha value is -3.60. The Kier molecular flexibility index (Phi) is 4.76. The minimum absolute atomic E-state index is 0.116. The van der Waals surface area contributed by atoms with Crippen LogP contribution in [-0.2, 0) is 0 Å². The number of amides is 2. The Morgan fingerprint density at radius 2 is 1.32 bits per heavy atom. The van der Waals surface area contributed by atoms with Gasteiger partial charge in [0.25, 0.3) is 0 Å². The first-order valence-electron chi connectivity index (χ1n) is 7.69. The molecule has 0 aliphatic heterocycles. The lowest BCUT2D eigenvalue weighted by Gasteiger charge is -2.09. The standard InChI is InChI=1S/C20H16N2O3/c23-19(24)16-7-4-8-18(13-16)22-20(25)21-17-11-9-15(10-12-17)14-5-2-1-3-6-14/h1-13H,(H,23,24)(H2,21,22,25). The first kappa shape index (κ1) is 16.3. The van der Waals surface area contributed by atoms with E-state index in [9.17, 15) is 9.59 Å². The van der Waals surface area contributed by atoms with Crippen LogP contribution in [0.1, 0.15) is 10.4 Å². The second kappa shape index (κ2) is 7.31. The average molecular weight is 332 g/mol. The van der Waals surface area contributed by atoms with Crippen molar-refractivity contribution in [1.29, 1.82) is 0 Å². The maximum atomic E-state index is 12.0. The molecular formula is C20H16N2O3. The number of urea groups is 1. The van der Waals surface area contributed by atoms with E-state index in [-0.39, 0.29) is 5.56 Å². The Morgan fingerprint density at radius 3 is 2.00 bits per heavy atom. The van der Waals surface area contributed by atoms with Gasteiger partial charge in [0.1, 0.15) is 0 Å². The molecule has 3 N–H and O–H groups in total. The summed E-state index contributed by atoms with van der Waals surface area (Å²) in [4.78, 5) is 23.0. The van der Waals surface area contributed by atoms with Crippen molar-refractivity contribution in [2.24, 2.45) is 0 Å². The summed E-state index contributed by atoms with van der Waals surface area (Å²) in [6, 6.07) is 23.1. The fourth-order valence-corrected chi connectivity index (χ4v) is 2.40. The summed E-state index contributed by atoms with van der Waals surface area (Å²) in [5.41, 5.74) is 3.33. The summed E-state index contributed by atoms with van der Waals surface area (Å²) in [5.74, 6) is -1.04. The third-order valence-corrected chi connectivity index (χ3v) is 3.62. The number of carbonyl (C=O) groups is 2. The van der Waals surface area contributed by atoms with Gasteiger partial charge >= 0.3 is 12.0 Å². The number of rotatable bonds is 4. The number of hydrogen-bond acceptors (Lipinski definition) is 2. The summed E-state index contributed by atoms with van der Waals surface area (Å²) in [7, 11) is 0. The quantitative estimate of drug-likeness (QED) is 0.648. The second-order valence-corrected chi connectivity index (χ2v) is 5.41. The summed E-state index contributed by atoms with van der Waals surface area (Å²) in [6.45, 7) is 0. The summed E-state index contributed by atoms with van der Waals surface area (Å²) in [6.07, 6.45) is 0. The normalized spacial score (nSPS) is 10.1. The van der Waals surface area contributed by atoms with Crippen molar-refractivity contribution in [3.05, 3.63) is 84.4 Å². The van der Waals surface area contributed by atoms with E-state index in [2.05, 4.69) is 10.6 Å². The van der Waals surface area contributed by atoms with Crippen molar-refractivity contribution in [3.8, 4) is 11.1 Å². The van der Waals surface area contributed by atoms with Crippen LogP contribution in [0.2, 0.25) is 0 Å². The zero-order chi connectivity index (χ0) is 17.6. The Bertz CT molecular complexity index is 890. The van der Waals surface area contributed by atoms with Crippen molar-refractivity contribution >= 4 is 23.4 Å². The highest BCUT2D eigenvalue weighted by atomic mass is 16.4. The lowest BCUT2D eigenvalue weighted by molar-refractivity contribution is 0.0697. The number of carboxylic acids is 1. The van der Waals surface area contributed by atoms with E-state index in [1.54, 1.807) is 12.1 Å². The largest absolute Gasteiger partial charge is 0.478 e. The van der Waals surface area contributed by atoms with E-state index < -0.39 is 12.0 Å². The minimum Gasteiger partial charge on any atom is -0.478 e. The maximum Gasteiger partial charge on any atom is 0.335 e. The summed E-state index contributed by atoms with van der Waals surface area (Å²) >= 11 is 0. The molecule has 3 aromatic rings. The third kappa shape index (κ3) is 4.23. The van der Waals surface area contributed by atoms with Gasteiger partial charge in [-0.1, -0.05) is 48.5 Å². The van der Waals surface area contributed by atoms with Crippen LogP contribution in [0.15, 0.2) is 78.9 Å². The van der Waals surface area contributed by atoms with Gasteiger partial charge in [-0.3, -0.25) is 0 Å². The predicted octanol–water partition coefficient (Wildman–Crippen LogP) is 4.70. The monoisotopic (exact) mass is 332 g/mol. The molecule has 0 atom stereocenters. The molecule has 0 saturated carbocycles. The zero-order valence-corrected chi connectivity index (χ0v) is 13.3. The molecule has 0 bridgehead atoms. The van der Waals surface area contributed by atoms with Gasteiger partial charge in [-0.15, -0.1) is 0 Å². The first-order valence-corrected chi connectivity index (χ1v) is 7.69. The highest BCUT2D eigenvalue weighted by Gasteiger charge is 2.06. The highest BCUT2D eigenvalue weighted by molar-refractivity contribution is 6.00. The molecule has 25 heavy (non-hydrogen) atoms. The molecule has 3 rings (SSSR count). The van der Waals surface area contributed by atoms with Crippen molar-refractivity contribution in [2.45, 2.75) is 0 Å². The van der Waals surface area contributed by atoms with E-state index in [0.717, 1.165) is 11.1 Å². The maximum absolute atomic E-state index is 12.0. The van der Waals surface area contributed by atoms with Crippen molar-refractivity contribution < 1.29 is 14.7 Å². The van der Waals surface area contributed by atoms with Gasteiger partial charge in [-0.25, -0.2) is 9.59 Å². The predicted molar refractivity (Wildman–Crippen MR) is 97.9 cm³/mol. The topological polar surface area (TPSA) is 78.4 Å². The number of aromatic carboxylic acids is 1. The van der Waals surface area contributed by atoms with Gasteiger partial charge in [-0.05, 0) is 41.5 Å². The van der Waals surface area contributed by atoms with Crippen LogP contribution >= 0.6 is 0 Å². The summed E-state index contributed by atoms with van der Waals surface area (Å²) < 4.78 is 0. The van der Waals surface area contributed by atoms with E-state index in [1.165, 1.54) is 12.1 Å². The molecule has 0 saturated heterocycles. The van der Waals surface area contributed by atoms with Crippen molar-refractivity contribution in [3.63, 3.8) is 0 Å². The SMILES string of the molecule is O=C(Nc1ccc(-c2ccccc2)cc1)Nc1cccc(C(=O)O)c1. The highest BCUT2D eigenvalue weighted by Crippen LogP contribution is 2.21. The molecule has 0 heterocycles. The molecule has 5 heteroatoms. The van der Waals surface area contributed by atoms with E-state index in [4.69, 9.17) is 5.11 Å². The van der Waals surface area contributed by atoms with E-state index in [1.807, 2.05) is 54.6 Å². The van der Waals surface area contributed by atoms with Crippen LogP contribution in [0.4, 0.5) is 16.2 Å². The molecule has 0 aromatic heterocycles. The Morgan fingerprint density at radius 1 is 0.680 bits per heavy atom. The molecule has 0 unspecified atom stereocenters. The van der Waals surface area contributed by atoms with Gasteiger partial charge in [0.05, 0.1) is 5.56 Å². The number of carboxylic acid groups (broad SMARTS) is 1. The zero-order valence-electron chi connectivity index (χ0n) is 13.3. The van der Waals surface area contributed by atoms with Crippen LogP contribution in [0.25, 0.3) is 11.1 Å². The van der Waals surface area contributed by atoms with Crippen LogP contribution in [0.3, 0.4) is 0 Å². The number of hydrogen-bond donors (Lipinski definition) is 3. The molecule has 5 nitrogen and oxygen atoms in total.